The zero-order valence-electron chi connectivity index (χ0n) is 14.6. The fourth-order valence-corrected chi connectivity index (χ4v) is 2.42. The van der Waals surface area contributed by atoms with Crippen LogP contribution in [0.5, 0.6) is 11.5 Å². The molecule has 8 heteroatoms. The van der Waals surface area contributed by atoms with E-state index in [2.05, 4.69) is 5.32 Å². The molecule has 1 N–H and O–H groups in total. The minimum absolute atomic E-state index is 0.326. The first-order valence-electron chi connectivity index (χ1n) is 7.74. The maximum atomic E-state index is 11.9. The fraction of sp³-hybridized carbons (Fsp3) is 0.158. The molecular formula is C19H17Cl2NO5. The van der Waals surface area contributed by atoms with Crippen molar-refractivity contribution in [2.24, 2.45) is 0 Å². The molecule has 0 spiro atoms. The van der Waals surface area contributed by atoms with E-state index in [1.54, 1.807) is 30.3 Å². The van der Waals surface area contributed by atoms with Crippen LogP contribution in [0.3, 0.4) is 0 Å². The number of benzene rings is 2. The number of carbonyl (C=O) groups is 2. The van der Waals surface area contributed by atoms with Crippen molar-refractivity contribution < 1.29 is 23.8 Å². The summed E-state index contributed by atoms with van der Waals surface area (Å²) >= 11 is 11.8. The summed E-state index contributed by atoms with van der Waals surface area (Å²) < 4.78 is 15.2. The Balaban J connectivity index is 1.89. The molecular weight excluding hydrogens is 393 g/mol. The third-order valence-electron chi connectivity index (χ3n) is 3.37. The van der Waals surface area contributed by atoms with Crippen molar-refractivity contribution in [3.63, 3.8) is 0 Å². The van der Waals surface area contributed by atoms with E-state index in [-0.39, 0.29) is 0 Å². The number of carbonyl (C=O) groups excluding carboxylic acids is 2. The summed E-state index contributed by atoms with van der Waals surface area (Å²) in [6.45, 7) is -0.460. The molecule has 1 amide bonds. The molecule has 0 unspecified atom stereocenters. The molecule has 2 aromatic rings. The van der Waals surface area contributed by atoms with Crippen LogP contribution in [-0.2, 0) is 14.3 Å². The van der Waals surface area contributed by atoms with Gasteiger partial charge < -0.3 is 19.5 Å². The number of esters is 1. The number of hydrogen-bond donors (Lipinski definition) is 1. The molecule has 0 radical (unpaired) electrons. The molecule has 0 saturated carbocycles. The average molecular weight is 410 g/mol. The summed E-state index contributed by atoms with van der Waals surface area (Å²) in [5.74, 6) is -0.0940. The molecule has 2 rings (SSSR count). The van der Waals surface area contributed by atoms with E-state index >= 15 is 0 Å². The molecule has 6 nitrogen and oxygen atoms in total. The van der Waals surface area contributed by atoms with E-state index < -0.39 is 18.5 Å². The Labute approximate surface area is 166 Å². The Morgan fingerprint density at radius 3 is 2.48 bits per heavy atom. The number of halogens is 2. The van der Waals surface area contributed by atoms with Crippen LogP contribution in [0.4, 0.5) is 5.69 Å². The number of nitrogens with one attached hydrogen (secondary N) is 1. The highest BCUT2D eigenvalue weighted by atomic mass is 35.5. The second-order valence-corrected chi connectivity index (χ2v) is 6.07. The number of amides is 1. The Morgan fingerprint density at radius 2 is 1.78 bits per heavy atom. The van der Waals surface area contributed by atoms with Crippen LogP contribution in [0.15, 0.2) is 42.5 Å². The van der Waals surface area contributed by atoms with Crippen molar-refractivity contribution in [1.82, 2.24) is 0 Å². The molecule has 0 aliphatic heterocycles. The molecule has 0 aliphatic rings. The molecule has 2 aromatic carbocycles. The number of rotatable bonds is 7. The normalized spacial score (nSPS) is 10.5. The van der Waals surface area contributed by atoms with Gasteiger partial charge in [0.2, 0.25) is 0 Å². The van der Waals surface area contributed by atoms with E-state index in [9.17, 15) is 9.59 Å². The molecule has 0 heterocycles. The number of methoxy groups -OCH3 is 2. The van der Waals surface area contributed by atoms with Gasteiger partial charge in [-0.2, -0.15) is 0 Å². The number of ether oxygens (including phenoxy) is 3. The van der Waals surface area contributed by atoms with Crippen molar-refractivity contribution in [3.05, 3.63) is 58.1 Å². The monoisotopic (exact) mass is 409 g/mol. The Morgan fingerprint density at radius 1 is 1.04 bits per heavy atom. The minimum Gasteiger partial charge on any atom is -0.493 e. The third kappa shape index (κ3) is 6.20. The average Bonchev–Trinajstić information content (AvgIpc) is 2.67. The van der Waals surface area contributed by atoms with Gasteiger partial charge in [-0.1, -0.05) is 29.3 Å². The fourth-order valence-electron chi connectivity index (χ4n) is 2.09. The van der Waals surface area contributed by atoms with Gasteiger partial charge >= 0.3 is 5.97 Å². The highest BCUT2D eigenvalue weighted by Crippen LogP contribution is 2.28. The van der Waals surface area contributed by atoms with Crippen LogP contribution < -0.4 is 14.8 Å². The smallest absolute Gasteiger partial charge is 0.331 e. The van der Waals surface area contributed by atoms with Gasteiger partial charge in [-0.15, -0.1) is 0 Å². The quantitative estimate of drug-likeness (QED) is 0.547. The van der Waals surface area contributed by atoms with Crippen LogP contribution >= 0.6 is 23.2 Å². The summed E-state index contributed by atoms with van der Waals surface area (Å²) in [5.41, 5.74) is 1.05. The molecule has 142 valence electrons. The van der Waals surface area contributed by atoms with Crippen molar-refractivity contribution >= 4 is 46.8 Å². The summed E-state index contributed by atoms with van der Waals surface area (Å²) in [6, 6.07) is 9.82. The first-order valence-corrected chi connectivity index (χ1v) is 8.50. The highest BCUT2D eigenvalue weighted by molar-refractivity contribution is 6.35. The molecule has 0 fully saturated rings. The van der Waals surface area contributed by atoms with Gasteiger partial charge in [-0.25, -0.2) is 4.79 Å². The van der Waals surface area contributed by atoms with Crippen molar-refractivity contribution in [3.8, 4) is 11.5 Å². The van der Waals surface area contributed by atoms with Crippen LogP contribution in [0.1, 0.15) is 5.56 Å². The first kappa shape index (κ1) is 20.6. The predicted molar refractivity (Wildman–Crippen MR) is 105 cm³/mol. The van der Waals surface area contributed by atoms with Crippen LogP contribution in [0.25, 0.3) is 6.08 Å². The zero-order chi connectivity index (χ0) is 19.8. The summed E-state index contributed by atoms with van der Waals surface area (Å²) in [5, 5.41) is 3.27. The van der Waals surface area contributed by atoms with Crippen LogP contribution in [-0.4, -0.2) is 32.7 Å². The summed E-state index contributed by atoms with van der Waals surface area (Å²) in [7, 11) is 3.05. The third-order valence-corrected chi connectivity index (χ3v) is 3.93. The highest BCUT2D eigenvalue weighted by Gasteiger charge is 2.09. The SMILES string of the molecule is COc1ccc(/C=C/C(=O)OCC(=O)Nc2cc(Cl)ccc2Cl)cc1OC. The second-order valence-electron chi connectivity index (χ2n) is 5.23. The van der Waals surface area contributed by atoms with Gasteiger partial charge in [0.1, 0.15) is 0 Å². The standard InChI is InChI=1S/C19H17Cl2NO5/c1-25-16-7-3-12(9-17(16)26-2)4-8-19(24)27-11-18(23)22-15-10-13(20)5-6-14(15)21/h3-10H,11H2,1-2H3,(H,22,23)/b8-4+. The van der Waals surface area contributed by atoms with Gasteiger partial charge in [0.05, 0.1) is 24.9 Å². The Kier molecular flexibility index (Phi) is 7.52. The summed E-state index contributed by atoms with van der Waals surface area (Å²) in [4.78, 5) is 23.6. The Hall–Kier alpha value is -2.70. The predicted octanol–water partition coefficient (Wildman–Crippen LogP) is 4.21. The van der Waals surface area contributed by atoms with Gasteiger partial charge in [0.15, 0.2) is 18.1 Å². The Bertz CT molecular complexity index is 867. The zero-order valence-corrected chi connectivity index (χ0v) is 16.1. The van der Waals surface area contributed by atoms with Crippen molar-refractivity contribution in [2.75, 3.05) is 26.1 Å². The van der Waals surface area contributed by atoms with E-state index in [0.29, 0.717) is 32.8 Å². The first-order chi connectivity index (χ1) is 12.9. The number of anilines is 1. The van der Waals surface area contributed by atoms with E-state index in [1.165, 1.54) is 32.4 Å². The largest absolute Gasteiger partial charge is 0.493 e. The number of hydrogen-bond acceptors (Lipinski definition) is 5. The van der Waals surface area contributed by atoms with E-state index in [4.69, 9.17) is 37.4 Å². The van der Waals surface area contributed by atoms with Crippen molar-refractivity contribution in [2.45, 2.75) is 0 Å². The van der Waals surface area contributed by atoms with E-state index in [1.807, 2.05) is 0 Å². The minimum atomic E-state index is -0.669. The van der Waals surface area contributed by atoms with Gasteiger partial charge in [0, 0.05) is 11.1 Å². The van der Waals surface area contributed by atoms with Crippen LogP contribution in [0.2, 0.25) is 10.0 Å². The molecule has 0 bridgehead atoms. The van der Waals surface area contributed by atoms with Gasteiger partial charge in [-0.05, 0) is 42.0 Å². The maximum Gasteiger partial charge on any atom is 0.331 e. The summed E-state index contributed by atoms with van der Waals surface area (Å²) in [6.07, 6.45) is 2.75. The lowest BCUT2D eigenvalue weighted by molar-refractivity contribution is -0.142. The lowest BCUT2D eigenvalue weighted by atomic mass is 10.2. The molecule has 0 aromatic heterocycles. The van der Waals surface area contributed by atoms with Crippen LogP contribution in [0, 0.1) is 0 Å². The van der Waals surface area contributed by atoms with Gasteiger partial charge in [0.25, 0.3) is 5.91 Å². The second kappa shape index (κ2) is 9.85. The van der Waals surface area contributed by atoms with Crippen molar-refractivity contribution in [1.29, 1.82) is 0 Å². The molecule has 27 heavy (non-hydrogen) atoms. The lowest BCUT2D eigenvalue weighted by Crippen LogP contribution is -2.20. The molecule has 0 aliphatic carbocycles. The maximum absolute atomic E-state index is 11.9. The van der Waals surface area contributed by atoms with Gasteiger partial charge in [-0.3, -0.25) is 4.79 Å². The lowest BCUT2D eigenvalue weighted by Gasteiger charge is -2.08. The molecule has 0 atom stereocenters. The van der Waals surface area contributed by atoms with E-state index in [0.717, 1.165) is 0 Å². The molecule has 0 saturated heterocycles. The topological polar surface area (TPSA) is 73.9 Å².